The van der Waals surface area contributed by atoms with Crippen LogP contribution in [-0.4, -0.2) is 68.3 Å². The lowest BCUT2D eigenvalue weighted by atomic mass is 9.88. The van der Waals surface area contributed by atoms with Gasteiger partial charge in [-0.05, 0) is 16.3 Å². The van der Waals surface area contributed by atoms with E-state index in [0.717, 1.165) is 31.6 Å². The number of H-pyrrole nitrogens is 1. The summed E-state index contributed by atoms with van der Waals surface area (Å²) in [5, 5.41) is 14.1. The molecule has 5 rings (SSSR count). The molecule has 2 aliphatic rings. The lowest BCUT2D eigenvalue weighted by Gasteiger charge is -2.45. The molecule has 3 aromatic rings. The number of tetrazole rings is 1. The molecule has 2 fully saturated rings. The Morgan fingerprint density at radius 3 is 2.62 bits per heavy atom. The van der Waals surface area contributed by atoms with Gasteiger partial charge in [0.15, 0.2) is 0 Å². The third-order valence-electron chi connectivity index (χ3n) is 5.75. The number of ether oxygens (including phenoxy) is 1. The Bertz CT molecular complexity index is 976. The van der Waals surface area contributed by atoms with E-state index >= 15 is 0 Å². The van der Waals surface area contributed by atoms with Crippen molar-refractivity contribution >= 4 is 6.09 Å². The minimum Gasteiger partial charge on any atom is -0.447 e. The van der Waals surface area contributed by atoms with Crippen molar-refractivity contribution in [3.63, 3.8) is 0 Å². The zero-order valence-electron chi connectivity index (χ0n) is 16.0. The highest BCUT2D eigenvalue weighted by Gasteiger charge is 2.50. The normalized spacial score (nSPS) is 21.8. The van der Waals surface area contributed by atoms with Crippen molar-refractivity contribution in [3.05, 3.63) is 65.7 Å². The second kappa shape index (κ2) is 7.29. The summed E-state index contributed by atoms with van der Waals surface area (Å²) in [4.78, 5) is 16.6. The van der Waals surface area contributed by atoms with Crippen LogP contribution in [0.1, 0.15) is 11.1 Å². The Kier molecular flexibility index (Phi) is 4.48. The van der Waals surface area contributed by atoms with Crippen LogP contribution in [0, 0.1) is 0 Å². The second-order valence-corrected chi connectivity index (χ2v) is 7.74. The number of nitrogens with zero attached hydrogens (tertiary/aromatic N) is 5. The van der Waals surface area contributed by atoms with Gasteiger partial charge in [-0.25, -0.2) is 4.79 Å². The molecular formula is C21H22N6O2. The van der Waals surface area contributed by atoms with Crippen LogP contribution < -0.4 is 0 Å². The predicted molar refractivity (Wildman–Crippen MR) is 106 cm³/mol. The van der Waals surface area contributed by atoms with E-state index in [9.17, 15) is 4.79 Å². The molecule has 0 saturated carbocycles. The fourth-order valence-electron chi connectivity index (χ4n) is 4.36. The van der Waals surface area contributed by atoms with E-state index < -0.39 is 0 Å². The van der Waals surface area contributed by atoms with Crippen LogP contribution in [0.3, 0.4) is 0 Å². The Morgan fingerprint density at radius 1 is 1.03 bits per heavy atom. The smallest absolute Gasteiger partial charge is 0.410 e. The quantitative estimate of drug-likeness (QED) is 0.718. The standard InChI is InChI=1S/C21H22N6O2/c28-20-27-11-10-26(13-17-6-8-18(9-7-17)19-22-24-25-23-19)14-21(27,15-29-20)12-16-4-2-1-3-5-16/h1-9H,10-15H2,(H,22,23,24,25). The molecule has 1 unspecified atom stereocenters. The minimum atomic E-state index is -0.304. The van der Waals surface area contributed by atoms with Crippen LogP contribution >= 0.6 is 0 Å². The lowest BCUT2D eigenvalue weighted by Crippen LogP contribution is -2.62. The van der Waals surface area contributed by atoms with E-state index in [1.165, 1.54) is 11.1 Å². The summed E-state index contributed by atoms with van der Waals surface area (Å²) in [6.07, 6.45) is 0.609. The van der Waals surface area contributed by atoms with Crippen molar-refractivity contribution in [3.8, 4) is 11.4 Å². The number of aromatic amines is 1. The molecule has 3 heterocycles. The molecule has 1 N–H and O–H groups in total. The summed E-state index contributed by atoms with van der Waals surface area (Å²) < 4.78 is 5.47. The van der Waals surface area contributed by atoms with Gasteiger partial charge in [-0.2, -0.15) is 5.21 Å². The number of cyclic esters (lactones) is 1. The Morgan fingerprint density at radius 2 is 1.86 bits per heavy atom. The Hall–Kier alpha value is -3.26. The van der Waals surface area contributed by atoms with Gasteiger partial charge in [-0.3, -0.25) is 9.80 Å². The first-order valence-electron chi connectivity index (χ1n) is 9.75. The fourth-order valence-corrected chi connectivity index (χ4v) is 4.36. The minimum absolute atomic E-state index is 0.190. The van der Waals surface area contributed by atoms with E-state index in [1.54, 1.807) is 0 Å². The zero-order valence-corrected chi connectivity index (χ0v) is 16.0. The van der Waals surface area contributed by atoms with E-state index in [-0.39, 0.29) is 11.6 Å². The SMILES string of the molecule is O=C1OCC2(Cc3ccccc3)CN(Cc3ccc(-c4nn[nH]n4)cc3)CCN12. The maximum atomic E-state index is 12.3. The number of amides is 1. The topological polar surface area (TPSA) is 87.2 Å². The molecule has 148 valence electrons. The van der Waals surface area contributed by atoms with Crippen LogP contribution in [0.4, 0.5) is 4.79 Å². The van der Waals surface area contributed by atoms with Crippen molar-refractivity contribution in [1.29, 1.82) is 0 Å². The lowest BCUT2D eigenvalue weighted by molar-refractivity contribution is 0.0476. The molecule has 8 heteroatoms. The molecule has 0 aliphatic carbocycles. The number of fused-ring (bicyclic) bond motifs is 1. The average molecular weight is 390 g/mol. The van der Waals surface area contributed by atoms with Crippen molar-refractivity contribution in [2.24, 2.45) is 0 Å². The third-order valence-corrected chi connectivity index (χ3v) is 5.75. The van der Waals surface area contributed by atoms with Crippen molar-refractivity contribution in [1.82, 2.24) is 30.4 Å². The molecule has 1 aromatic heterocycles. The third kappa shape index (κ3) is 3.47. The van der Waals surface area contributed by atoms with Crippen LogP contribution in [-0.2, 0) is 17.7 Å². The van der Waals surface area contributed by atoms with Gasteiger partial charge in [0.25, 0.3) is 0 Å². The Labute approximate surface area is 168 Å². The molecule has 2 saturated heterocycles. The van der Waals surface area contributed by atoms with Gasteiger partial charge >= 0.3 is 6.09 Å². The molecule has 2 aromatic carbocycles. The maximum absolute atomic E-state index is 12.3. The van der Waals surface area contributed by atoms with Gasteiger partial charge in [-0.15, -0.1) is 10.2 Å². The van der Waals surface area contributed by atoms with Crippen molar-refractivity contribution in [2.45, 2.75) is 18.5 Å². The van der Waals surface area contributed by atoms with Gasteiger partial charge in [0, 0.05) is 38.2 Å². The highest BCUT2D eigenvalue weighted by atomic mass is 16.6. The predicted octanol–water partition coefficient (Wildman–Crippen LogP) is 2.12. The van der Waals surface area contributed by atoms with E-state index in [4.69, 9.17) is 4.74 Å². The van der Waals surface area contributed by atoms with Gasteiger partial charge < -0.3 is 4.74 Å². The number of hydrogen-bond donors (Lipinski definition) is 1. The zero-order chi connectivity index (χ0) is 19.7. The number of hydrogen-bond acceptors (Lipinski definition) is 6. The highest BCUT2D eigenvalue weighted by Crippen LogP contribution is 2.33. The van der Waals surface area contributed by atoms with Crippen LogP contribution in [0.2, 0.25) is 0 Å². The molecule has 0 spiro atoms. The number of benzene rings is 2. The van der Waals surface area contributed by atoms with Gasteiger partial charge in [0.2, 0.25) is 5.82 Å². The summed E-state index contributed by atoms with van der Waals surface area (Å²) in [5.41, 5.74) is 3.07. The first kappa shape index (κ1) is 17.8. The monoisotopic (exact) mass is 390 g/mol. The first-order chi connectivity index (χ1) is 14.2. The number of rotatable bonds is 5. The molecule has 8 nitrogen and oxygen atoms in total. The van der Waals surface area contributed by atoms with E-state index in [1.807, 2.05) is 35.2 Å². The summed E-state index contributed by atoms with van der Waals surface area (Å²) in [7, 11) is 0. The molecular weight excluding hydrogens is 368 g/mol. The Balaban J connectivity index is 1.32. The average Bonchev–Trinajstić information content (AvgIpc) is 3.38. The number of carbonyl (C=O) groups excluding carboxylic acids is 1. The molecule has 29 heavy (non-hydrogen) atoms. The second-order valence-electron chi connectivity index (χ2n) is 7.74. The first-order valence-corrected chi connectivity index (χ1v) is 9.75. The summed E-state index contributed by atoms with van der Waals surface area (Å²) in [6, 6.07) is 18.5. The van der Waals surface area contributed by atoms with Crippen LogP contribution in [0.15, 0.2) is 54.6 Å². The molecule has 2 aliphatic heterocycles. The van der Waals surface area contributed by atoms with E-state index in [2.05, 4.69) is 49.8 Å². The molecule has 1 atom stereocenters. The van der Waals surface area contributed by atoms with Gasteiger partial charge in [-0.1, -0.05) is 54.6 Å². The molecule has 0 radical (unpaired) electrons. The summed E-state index contributed by atoms with van der Waals surface area (Å²) >= 11 is 0. The van der Waals surface area contributed by atoms with Crippen molar-refractivity contribution in [2.75, 3.05) is 26.2 Å². The number of aromatic nitrogens is 4. The van der Waals surface area contributed by atoms with Crippen LogP contribution in [0.25, 0.3) is 11.4 Å². The van der Waals surface area contributed by atoms with Crippen LogP contribution in [0.5, 0.6) is 0 Å². The van der Waals surface area contributed by atoms with Gasteiger partial charge in [0.1, 0.15) is 6.61 Å². The number of carbonyl (C=O) groups is 1. The van der Waals surface area contributed by atoms with Gasteiger partial charge in [0.05, 0.1) is 5.54 Å². The number of piperazine rings is 1. The molecule has 0 bridgehead atoms. The fraction of sp³-hybridized carbons (Fsp3) is 0.333. The van der Waals surface area contributed by atoms with Crippen molar-refractivity contribution < 1.29 is 9.53 Å². The van der Waals surface area contributed by atoms with E-state index in [0.29, 0.717) is 19.0 Å². The summed E-state index contributed by atoms with van der Waals surface area (Å²) in [6.45, 7) is 3.57. The molecule has 1 amide bonds. The number of nitrogens with one attached hydrogen (secondary N) is 1. The largest absolute Gasteiger partial charge is 0.447 e. The maximum Gasteiger partial charge on any atom is 0.410 e. The highest BCUT2D eigenvalue weighted by molar-refractivity contribution is 5.71. The summed E-state index contributed by atoms with van der Waals surface area (Å²) in [5.74, 6) is 0.591.